The quantitative estimate of drug-likeness (QED) is 0.690. The molecule has 0 fully saturated rings. The number of nitrogens with one attached hydrogen (secondary N) is 1. The van der Waals surface area contributed by atoms with Crippen LogP contribution in [-0.2, 0) is 6.61 Å². The Bertz CT molecular complexity index is 310. The lowest BCUT2D eigenvalue weighted by Crippen LogP contribution is -2.26. The van der Waals surface area contributed by atoms with Gasteiger partial charge in [-0.1, -0.05) is 26.0 Å². The van der Waals surface area contributed by atoms with E-state index in [-0.39, 0.29) is 18.6 Å². The highest BCUT2D eigenvalue weighted by Crippen LogP contribution is 2.16. The van der Waals surface area contributed by atoms with E-state index >= 15 is 0 Å². The van der Waals surface area contributed by atoms with E-state index in [1.54, 1.807) is 0 Å². The Labute approximate surface area is 90.8 Å². The molecule has 0 aliphatic heterocycles. The summed E-state index contributed by atoms with van der Waals surface area (Å²) >= 11 is 0. The number of hydrogen-bond donors (Lipinski definition) is 3. The van der Waals surface area contributed by atoms with Crippen LogP contribution in [0.2, 0.25) is 0 Å². The molecule has 0 saturated carbocycles. The van der Waals surface area contributed by atoms with Crippen molar-refractivity contribution in [2.75, 3.05) is 18.5 Å². The fourth-order valence-electron chi connectivity index (χ4n) is 1.18. The average Bonchev–Trinajstić information content (AvgIpc) is 2.27. The predicted octanol–water partition coefficient (Wildman–Crippen LogP) is 1.61. The van der Waals surface area contributed by atoms with Crippen LogP contribution in [0.1, 0.15) is 19.4 Å². The maximum atomic E-state index is 9.09. The van der Waals surface area contributed by atoms with E-state index < -0.39 is 0 Å². The SMILES string of the molecule is CC(C)(CO)CNc1cccc(CO)c1. The van der Waals surface area contributed by atoms with Gasteiger partial charge in [0.25, 0.3) is 0 Å². The topological polar surface area (TPSA) is 52.5 Å². The molecule has 0 spiro atoms. The maximum absolute atomic E-state index is 9.09. The molecule has 0 aliphatic rings. The van der Waals surface area contributed by atoms with E-state index in [0.717, 1.165) is 11.3 Å². The fourth-order valence-corrected chi connectivity index (χ4v) is 1.18. The van der Waals surface area contributed by atoms with Crippen molar-refractivity contribution in [3.8, 4) is 0 Å². The molecule has 0 amide bonds. The maximum Gasteiger partial charge on any atom is 0.0682 e. The van der Waals surface area contributed by atoms with Crippen molar-refractivity contribution in [3.63, 3.8) is 0 Å². The molecular weight excluding hydrogens is 190 g/mol. The second-order valence-electron chi connectivity index (χ2n) is 4.53. The number of rotatable bonds is 5. The second kappa shape index (κ2) is 5.14. The van der Waals surface area contributed by atoms with Gasteiger partial charge in [0, 0.05) is 24.3 Å². The molecule has 3 nitrogen and oxygen atoms in total. The van der Waals surface area contributed by atoms with Crippen LogP contribution >= 0.6 is 0 Å². The predicted molar refractivity (Wildman–Crippen MR) is 61.7 cm³/mol. The summed E-state index contributed by atoms with van der Waals surface area (Å²) in [6.45, 7) is 4.91. The largest absolute Gasteiger partial charge is 0.396 e. The van der Waals surface area contributed by atoms with Crippen LogP contribution in [0, 0.1) is 5.41 Å². The first-order valence-electron chi connectivity index (χ1n) is 5.12. The summed E-state index contributed by atoms with van der Waals surface area (Å²) in [5.41, 5.74) is 1.74. The summed E-state index contributed by atoms with van der Waals surface area (Å²) in [7, 11) is 0. The lowest BCUT2D eigenvalue weighted by atomic mass is 9.95. The molecule has 0 radical (unpaired) electrons. The average molecular weight is 209 g/mol. The molecule has 1 rings (SSSR count). The Hall–Kier alpha value is -1.06. The third kappa shape index (κ3) is 3.90. The van der Waals surface area contributed by atoms with Crippen LogP contribution in [0.5, 0.6) is 0 Å². The zero-order valence-electron chi connectivity index (χ0n) is 9.33. The van der Waals surface area contributed by atoms with E-state index in [2.05, 4.69) is 5.32 Å². The minimum atomic E-state index is -0.130. The Balaban J connectivity index is 2.57. The Morgan fingerprint density at radius 1 is 1.27 bits per heavy atom. The zero-order chi connectivity index (χ0) is 11.3. The van der Waals surface area contributed by atoms with Gasteiger partial charge in [-0.25, -0.2) is 0 Å². The molecule has 0 saturated heterocycles. The summed E-state index contributed by atoms with van der Waals surface area (Å²) in [6.07, 6.45) is 0. The van der Waals surface area contributed by atoms with Crippen LogP contribution < -0.4 is 5.32 Å². The van der Waals surface area contributed by atoms with Crippen molar-refractivity contribution in [2.24, 2.45) is 5.41 Å². The third-order valence-electron chi connectivity index (χ3n) is 2.31. The smallest absolute Gasteiger partial charge is 0.0682 e. The highest BCUT2D eigenvalue weighted by molar-refractivity contribution is 5.45. The molecule has 0 heterocycles. The Morgan fingerprint density at radius 2 is 2.00 bits per heavy atom. The lowest BCUT2D eigenvalue weighted by Gasteiger charge is -2.22. The first-order chi connectivity index (χ1) is 7.07. The summed E-state index contributed by atoms with van der Waals surface area (Å²) in [6, 6.07) is 7.64. The molecule has 84 valence electrons. The number of benzene rings is 1. The van der Waals surface area contributed by atoms with E-state index in [1.807, 2.05) is 38.1 Å². The van der Waals surface area contributed by atoms with Gasteiger partial charge in [-0.3, -0.25) is 0 Å². The number of aliphatic hydroxyl groups excluding tert-OH is 2. The molecule has 1 aromatic carbocycles. The molecule has 0 atom stereocenters. The van der Waals surface area contributed by atoms with Crippen LogP contribution in [0.4, 0.5) is 5.69 Å². The van der Waals surface area contributed by atoms with Gasteiger partial charge >= 0.3 is 0 Å². The molecule has 0 aromatic heterocycles. The van der Waals surface area contributed by atoms with Crippen molar-refractivity contribution in [2.45, 2.75) is 20.5 Å². The summed E-state index contributed by atoms with van der Waals surface area (Å²) < 4.78 is 0. The van der Waals surface area contributed by atoms with Gasteiger partial charge < -0.3 is 15.5 Å². The molecule has 1 aromatic rings. The minimum Gasteiger partial charge on any atom is -0.396 e. The molecule has 15 heavy (non-hydrogen) atoms. The summed E-state index contributed by atoms with van der Waals surface area (Å²) in [5, 5.41) is 21.3. The van der Waals surface area contributed by atoms with Gasteiger partial charge in [0.15, 0.2) is 0 Å². The highest BCUT2D eigenvalue weighted by atomic mass is 16.3. The van der Waals surface area contributed by atoms with Crippen molar-refractivity contribution in [1.82, 2.24) is 0 Å². The first kappa shape index (κ1) is 12.0. The monoisotopic (exact) mass is 209 g/mol. The van der Waals surface area contributed by atoms with Crippen molar-refractivity contribution in [3.05, 3.63) is 29.8 Å². The second-order valence-corrected chi connectivity index (χ2v) is 4.53. The van der Waals surface area contributed by atoms with Gasteiger partial charge in [-0.2, -0.15) is 0 Å². The molecule has 0 bridgehead atoms. The molecular formula is C12H19NO2. The van der Waals surface area contributed by atoms with Gasteiger partial charge in [0.05, 0.1) is 6.61 Å². The van der Waals surface area contributed by atoms with Crippen molar-refractivity contribution in [1.29, 1.82) is 0 Å². The van der Waals surface area contributed by atoms with Crippen LogP contribution in [0.25, 0.3) is 0 Å². The normalized spacial score (nSPS) is 11.5. The van der Waals surface area contributed by atoms with Gasteiger partial charge in [0.2, 0.25) is 0 Å². The zero-order valence-corrected chi connectivity index (χ0v) is 9.33. The van der Waals surface area contributed by atoms with E-state index in [0.29, 0.717) is 6.54 Å². The van der Waals surface area contributed by atoms with Crippen LogP contribution in [0.3, 0.4) is 0 Å². The standard InChI is InChI=1S/C12H19NO2/c1-12(2,9-15)8-13-11-5-3-4-10(6-11)7-14/h3-6,13-15H,7-9H2,1-2H3. The number of anilines is 1. The third-order valence-corrected chi connectivity index (χ3v) is 2.31. The molecule has 3 heteroatoms. The Kier molecular flexibility index (Phi) is 4.12. The highest BCUT2D eigenvalue weighted by Gasteiger charge is 2.15. The van der Waals surface area contributed by atoms with E-state index in [4.69, 9.17) is 10.2 Å². The van der Waals surface area contributed by atoms with Gasteiger partial charge in [0.1, 0.15) is 0 Å². The van der Waals surface area contributed by atoms with Gasteiger partial charge in [-0.15, -0.1) is 0 Å². The molecule has 0 aliphatic carbocycles. The van der Waals surface area contributed by atoms with Crippen molar-refractivity contribution >= 4 is 5.69 Å². The molecule has 3 N–H and O–H groups in total. The van der Waals surface area contributed by atoms with Crippen molar-refractivity contribution < 1.29 is 10.2 Å². The summed E-state index contributed by atoms with van der Waals surface area (Å²) in [4.78, 5) is 0. The van der Waals surface area contributed by atoms with E-state index in [9.17, 15) is 0 Å². The fraction of sp³-hybridized carbons (Fsp3) is 0.500. The van der Waals surface area contributed by atoms with E-state index in [1.165, 1.54) is 0 Å². The minimum absolute atomic E-state index is 0.0545. The first-order valence-corrected chi connectivity index (χ1v) is 5.12. The summed E-state index contributed by atoms with van der Waals surface area (Å²) in [5.74, 6) is 0. The Morgan fingerprint density at radius 3 is 2.60 bits per heavy atom. The van der Waals surface area contributed by atoms with Gasteiger partial charge in [-0.05, 0) is 17.7 Å². The number of aliphatic hydroxyl groups is 2. The van der Waals surface area contributed by atoms with Crippen LogP contribution in [0.15, 0.2) is 24.3 Å². The van der Waals surface area contributed by atoms with Crippen LogP contribution in [-0.4, -0.2) is 23.4 Å². The number of hydrogen-bond acceptors (Lipinski definition) is 3. The lowest BCUT2D eigenvalue weighted by molar-refractivity contribution is 0.171. The molecule has 0 unspecified atom stereocenters.